The van der Waals surface area contributed by atoms with Gasteiger partial charge in [0.15, 0.2) is 10.0 Å². The van der Waals surface area contributed by atoms with E-state index in [1.807, 2.05) is 74.5 Å². The molecule has 0 saturated carbocycles. The molecule has 4 aromatic carbocycles. The zero-order chi connectivity index (χ0) is 32.6. The summed E-state index contributed by atoms with van der Waals surface area (Å²) in [5, 5.41) is 0. The highest BCUT2D eigenvalue weighted by Gasteiger charge is 2.41. The maximum absolute atomic E-state index is 13.5. The maximum atomic E-state index is 13.5. The number of sulfonamides is 1. The lowest BCUT2D eigenvalue weighted by atomic mass is 9.73. The van der Waals surface area contributed by atoms with Crippen molar-refractivity contribution < 1.29 is 17.2 Å². The smallest absolute Gasteiger partial charge is 0.282 e. The molecule has 1 aliphatic carbocycles. The zero-order valence-electron chi connectivity index (χ0n) is 26.4. The van der Waals surface area contributed by atoms with Crippen LogP contribution >= 0.6 is 0 Å². The van der Waals surface area contributed by atoms with Gasteiger partial charge >= 0.3 is 0 Å². The van der Waals surface area contributed by atoms with Gasteiger partial charge in [-0.05, 0) is 68.9 Å². The highest BCUT2D eigenvalue weighted by molar-refractivity contribution is 7.90. The molecule has 5 rings (SSSR count). The summed E-state index contributed by atoms with van der Waals surface area (Å²) in [4.78, 5) is 2.62. The van der Waals surface area contributed by atoms with Gasteiger partial charge in [0.05, 0.1) is 27.1 Å². The van der Waals surface area contributed by atoms with E-state index in [0.717, 1.165) is 16.7 Å². The average molecular weight is 644 g/mol. The van der Waals surface area contributed by atoms with Gasteiger partial charge in [-0.1, -0.05) is 117 Å². The van der Waals surface area contributed by atoms with Crippen LogP contribution in [-0.4, -0.2) is 47.4 Å². The molecular formula is C36H41N3O4S2. The van der Waals surface area contributed by atoms with E-state index in [1.54, 1.807) is 36.4 Å². The van der Waals surface area contributed by atoms with Crippen molar-refractivity contribution in [3.63, 3.8) is 0 Å². The van der Waals surface area contributed by atoms with Crippen LogP contribution in [0.15, 0.2) is 133 Å². The van der Waals surface area contributed by atoms with Gasteiger partial charge in [-0.3, -0.25) is 4.55 Å². The van der Waals surface area contributed by atoms with Crippen LogP contribution in [0.2, 0.25) is 0 Å². The predicted octanol–water partition coefficient (Wildman–Crippen LogP) is 7.99. The summed E-state index contributed by atoms with van der Waals surface area (Å²) in [6.07, 6.45) is 0. The monoisotopic (exact) mass is 643 g/mol. The van der Waals surface area contributed by atoms with E-state index in [2.05, 4.69) is 34.4 Å². The van der Waals surface area contributed by atoms with Crippen LogP contribution in [0.5, 0.6) is 0 Å². The second-order valence-electron chi connectivity index (χ2n) is 10.8. The van der Waals surface area contributed by atoms with Crippen molar-refractivity contribution in [3.05, 3.63) is 137 Å². The van der Waals surface area contributed by atoms with Crippen LogP contribution in [0.3, 0.4) is 0 Å². The standard InChI is InChI=1S/C30H26N2O4S2.C6H15N/c1-21-13-17-25(18-14-21)37(33,34)31-29-27(23-9-5-3-6-10-23)30(28(29)24-11-7-4-8-12-24)32-38(35,36)26-19-15-22(2)16-20-26;1-4-7(5-2)6-3/h3-20,27H,1-2H3,(H,31,33,34);4-6H2,1-3H3/b32-30+;. The lowest BCUT2D eigenvalue weighted by Gasteiger charge is -2.33. The Bertz CT molecular complexity index is 1870. The van der Waals surface area contributed by atoms with Gasteiger partial charge in [-0.15, -0.1) is 0 Å². The van der Waals surface area contributed by atoms with E-state index >= 15 is 0 Å². The highest BCUT2D eigenvalue weighted by Crippen LogP contribution is 2.47. The SMILES string of the molecule is CCN(CC)CC.Cc1ccc(S(=O)(=O)/N=C2/C(c3ccccc3)=C(N=S(=O)(O)c3ccc(C)cc3)C2c2ccccc2)cc1. The fraction of sp³-hybridized carbons (Fsp3) is 0.250. The fourth-order valence-corrected chi connectivity index (χ4v) is 7.10. The van der Waals surface area contributed by atoms with Crippen molar-refractivity contribution in [2.75, 3.05) is 19.6 Å². The molecule has 0 spiro atoms. The number of rotatable bonds is 9. The molecule has 0 fully saturated rings. The molecule has 2 unspecified atom stereocenters. The molecule has 1 N–H and O–H groups in total. The second-order valence-corrected chi connectivity index (χ2v) is 14.0. The molecule has 0 bridgehead atoms. The summed E-state index contributed by atoms with van der Waals surface area (Å²) in [7, 11) is -7.90. The molecule has 9 heteroatoms. The Hall–Kier alpha value is -3.89. The lowest BCUT2D eigenvalue weighted by Crippen LogP contribution is -2.30. The van der Waals surface area contributed by atoms with E-state index in [1.165, 1.54) is 31.8 Å². The molecule has 4 aromatic rings. The molecule has 7 nitrogen and oxygen atoms in total. The molecule has 236 valence electrons. The quantitative estimate of drug-likeness (QED) is 0.199. The predicted molar refractivity (Wildman–Crippen MR) is 184 cm³/mol. The third kappa shape index (κ3) is 8.23. The molecule has 1 aliphatic rings. The van der Waals surface area contributed by atoms with Crippen molar-refractivity contribution in [1.29, 1.82) is 0 Å². The van der Waals surface area contributed by atoms with E-state index in [9.17, 15) is 17.2 Å². The summed E-state index contributed by atoms with van der Waals surface area (Å²) in [6.45, 7) is 13.9. The van der Waals surface area contributed by atoms with Crippen molar-refractivity contribution in [3.8, 4) is 0 Å². The molecule has 0 aromatic heterocycles. The largest absolute Gasteiger partial charge is 0.304 e. The molecule has 0 radical (unpaired) electrons. The molecule has 2 atom stereocenters. The average Bonchev–Trinajstić information content (AvgIpc) is 3.03. The number of benzene rings is 4. The molecule has 0 heterocycles. The van der Waals surface area contributed by atoms with Gasteiger partial charge in [-0.2, -0.15) is 17.2 Å². The van der Waals surface area contributed by atoms with Gasteiger partial charge in [0.25, 0.3) is 10.0 Å². The zero-order valence-corrected chi connectivity index (χ0v) is 28.1. The third-order valence-electron chi connectivity index (χ3n) is 7.68. The van der Waals surface area contributed by atoms with Crippen LogP contribution in [-0.2, 0) is 20.0 Å². The minimum atomic E-state index is -4.06. The van der Waals surface area contributed by atoms with Crippen LogP contribution in [0.1, 0.15) is 48.9 Å². The Balaban J connectivity index is 0.000000591. The summed E-state index contributed by atoms with van der Waals surface area (Å²) in [6, 6.07) is 31.4. The van der Waals surface area contributed by atoms with Gasteiger partial charge in [0.1, 0.15) is 0 Å². The van der Waals surface area contributed by atoms with Crippen LogP contribution in [0.4, 0.5) is 0 Å². The van der Waals surface area contributed by atoms with Crippen molar-refractivity contribution in [2.24, 2.45) is 8.76 Å². The first kappa shape index (κ1) is 34.0. The summed E-state index contributed by atoms with van der Waals surface area (Å²) in [5.74, 6) is -0.704. The number of hydrogen-bond donors (Lipinski definition) is 1. The molecule has 45 heavy (non-hydrogen) atoms. The Kier molecular flexibility index (Phi) is 11.3. The van der Waals surface area contributed by atoms with Crippen LogP contribution in [0.25, 0.3) is 5.57 Å². The Morgan fingerprint density at radius 1 is 0.667 bits per heavy atom. The molecular weight excluding hydrogens is 603 g/mol. The Morgan fingerprint density at radius 2 is 1.13 bits per heavy atom. The van der Waals surface area contributed by atoms with E-state index in [4.69, 9.17) is 0 Å². The number of aryl methyl sites for hydroxylation is 2. The van der Waals surface area contributed by atoms with Crippen LogP contribution < -0.4 is 0 Å². The topological polar surface area (TPSA) is 99.4 Å². The van der Waals surface area contributed by atoms with E-state index in [0.29, 0.717) is 16.8 Å². The van der Waals surface area contributed by atoms with Gasteiger partial charge in [0.2, 0.25) is 0 Å². The normalized spacial score (nSPS) is 16.9. The summed E-state index contributed by atoms with van der Waals surface area (Å²) < 4.78 is 60.0. The van der Waals surface area contributed by atoms with E-state index < -0.39 is 26.0 Å². The Labute approximate surface area is 268 Å². The van der Waals surface area contributed by atoms with Crippen molar-refractivity contribution >= 4 is 31.3 Å². The fourth-order valence-electron chi connectivity index (χ4n) is 4.99. The third-order valence-corrected chi connectivity index (χ3v) is 10.3. The maximum Gasteiger partial charge on any atom is 0.282 e. The number of allylic oxidation sites excluding steroid dienone is 2. The van der Waals surface area contributed by atoms with Crippen molar-refractivity contribution in [2.45, 2.75) is 50.3 Å². The van der Waals surface area contributed by atoms with Gasteiger partial charge < -0.3 is 4.90 Å². The first-order valence-corrected chi connectivity index (χ1v) is 18.0. The first-order valence-electron chi connectivity index (χ1n) is 15.1. The van der Waals surface area contributed by atoms with Crippen LogP contribution in [0, 0.1) is 13.8 Å². The summed E-state index contributed by atoms with van der Waals surface area (Å²) in [5.41, 5.74) is 4.30. The second kappa shape index (κ2) is 14.9. The number of hydrogen-bond acceptors (Lipinski definition) is 5. The van der Waals surface area contributed by atoms with Gasteiger partial charge in [0, 0.05) is 5.57 Å². The minimum Gasteiger partial charge on any atom is -0.304 e. The Morgan fingerprint density at radius 3 is 1.60 bits per heavy atom. The number of nitrogens with zero attached hydrogens (tertiary/aromatic N) is 3. The van der Waals surface area contributed by atoms with E-state index in [-0.39, 0.29) is 15.5 Å². The summed E-state index contributed by atoms with van der Waals surface area (Å²) >= 11 is 0. The lowest BCUT2D eigenvalue weighted by molar-refractivity contribution is 0.321. The first-order chi connectivity index (χ1) is 21.5. The van der Waals surface area contributed by atoms with Gasteiger partial charge in [-0.25, -0.2) is 4.21 Å². The van der Waals surface area contributed by atoms with Crippen molar-refractivity contribution in [1.82, 2.24) is 4.90 Å². The minimum absolute atomic E-state index is 0.0748. The highest BCUT2D eigenvalue weighted by atomic mass is 32.2. The molecule has 0 aliphatic heterocycles. The molecule has 0 saturated heterocycles. The molecule has 0 amide bonds.